The molecule has 3 amide bonds. The number of amides is 3. The maximum Gasteiger partial charge on any atom is 0.410 e. The Labute approximate surface area is 200 Å². The zero-order chi connectivity index (χ0) is 26.1. The number of nitrogens with one attached hydrogen (secondary N) is 2. The molecular formula is C23H39N3O8. The monoisotopic (exact) mass is 485 g/mol. The summed E-state index contributed by atoms with van der Waals surface area (Å²) in [6.07, 6.45) is 2.43. The summed E-state index contributed by atoms with van der Waals surface area (Å²) in [7, 11) is 0. The Kier molecular flexibility index (Phi) is 11.3. The van der Waals surface area contributed by atoms with E-state index in [4.69, 9.17) is 4.74 Å². The predicted octanol–water partition coefficient (Wildman–Crippen LogP) is 1.99. The van der Waals surface area contributed by atoms with Crippen LogP contribution in [0.3, 0.4) is 0 Å². The smallest absolute Gasteiger partial charge is 0.410 e. The first-order chi connectivity index (χ1) is 15.8. The van der Waals surface area contributed by atoms with Crippen molar-refractivity contribution in [1.29, 1.82) is 0 Å². The van der Waals surface area contributed by atoms with Crippen LogP contribution >= 0.6 is 0 Å². The minimum atomic E-state index is -1.18. The number of carbonyl (C=O) groups excluding carboxylic acids is 3. The van der Waals surface area contributed by atoms with E-state index in [2.05, 4.69) is 10.6 Å². The van der Waals surface area contributed by atoms with Crippen LogP contribution in [0.2, 0.25) is 0 Å². The average molecular weight is 486 g/mol. The third kappa shape index (κ3) is 9.18. The van der Waals surface area contributed by atoms with Crippen LogP contribution in [0.1, 0.15) is 73.1 Å². The highest BCUT2D eigenvalue weighted by molar-refractivity contribution is 5.93. The Morgan fingerprint density at radius 2 is 1.24 bits per heavy atom. The van der Waals surface area contributed by atoms with Crippen LogP contribution in [0.4, 0.5) is 4.79 Å². The first-order valence-electron chi connectivity index (χ1n) is 11.8. The van der Waals surface area contributed by atoms with Crippen molar-refractivity contribution < 1.29 is 38.9 Å². The molecule has 1 saturated heterocycles. The highest BCUT2D eigenvalue weighted by atomic mass is 16.6. The lowest BCUT2D eigenvalue weighted by Gasteiger charge is -2.24. The van der Waals surface area contributed by atoms with Gasteiger partial charge < -0.3 is 30.5 Å². The lowest BCUT2D eigenvalue weighted by atomic mass is 9.93. The van der Waals surface area contributed by atoms with Crippen LogP contribution in [-0.2, 0) is 23.9 Å². The fraction of sp³-hybridized carbons (Fsp3) is 0.783. The molecule has 0 spiro atoms. The minimum Gasteiger partial charge on any atom is -0.480 e. The number of nitrogens with zero attached hydrogens (tertiary/aromatic N) is 1. The highest BCUT2D eigenvalue weighted by Crippen LogP contribution is 2.27. The molecule has 34 heavy (non-hydrogen) atoms. The van der Waals surface area contributed by atoms with Gasteiger partial charge in [0.1, 0.15) is 17.7 Å². The SMILES string of the molecule is CCCC[C@H](NC(=O)[C@@H]1CN(C(=O)OC(C)(C)C)C[C@H]1C(=O)N[C@@H](CCCC)C(=O)O)C(=O)O. The summed E-state index contributed by atoms with van der Waals surface area (Å²) in [5.41, 5.74) is -0.793. The van der Waals surface area contributed by atoms with Gasteiger partial charge in [-0.25, -0.2) is 14.4 Å². The molecule has 0 aromatic heterocycles. The van der Waals surface area contributed by atoms with Crippen LogP contribution in [0.5, 0.6) is 0 Å². The molecule has 0 radical (unpaired) electrons. The largest absolute Gasteiger partial charge is 0.480 e. The Hall–Kier alpha value is -2.85. The molecule has 11 nitrogen and oxygen atoms in total. The van der Waals surface area contributed by atoms with Crippen molar-refractivity contribution >= 4 is 29.8 Å². The number of rotatable bonds is 12. The fourth-order valence-corrected chi connectivity index (χ4v) is 3.70. The summed E-state index contributed by atoms with van der Waals surface area (Å²) >= 11 is 0. The zero-order valence-electron chi connectivity index (χ0n) is 20.8. The molecule has 0 aromatic rings. The molecule has 1 aliphatic rings. The number of ether oxygens (including phenoxy) is 1. The molecule has 0 aromatic carbocycles. The molecular weight excluding hydrogens is 446 g/mol. The van der Waals surface area contributed by atoms with E-state index in [9.17, 15) is 34.2 Å². The average Bonchev–Trinajstić information content (AvgIpc) is 3.18. The van der Waals surface area contributed by atoms with Crippen molar-refractivity contribution in [3.05, 3.63) is 0 Å². The predicted molar refractivity (Wildman–Crippen MR) is 123 cm³/mol. The molecule has 0 saturated carbocycles. The lowest BCUT2D eigenvalue weighted by molar-refractivity contribution is -0.144. The number of aliphatic carboxylic acids is 2. The maximum absolute atomic E-state index is 13.0. The van der Waals surface area contributed by atoms with Gasteiger partial charge in [-0.1, -0.05) is 39.5 Å². The van der Waals surface area contributed by atoms with Gasteiger partial charge in [0.25, 0.3) is 0 Å². The van der Waals surface area contributed by atoms with Crippen LogP contribution < -0.4 is 10.6 Å². The van der Waals surface area contributed by atoms with Gasteiger partial charge >= 0.3 is 18.0 Å². The van der Waals surface area contributed by atoms with Gasteiger partial charge in [0.15, 0.2) is 0 Å². The molecule has 1 rings (SSSR count). The second kappa shape index (κ2) is 13.1. The summed E-state index contributed by atoms with van der Waals surface area (Å²) < 4.78 is 5.36. The van der Waals surface area contributed by atoms with Gasteiger partial charge in [0, 0.05) is 13.1 Å². The minimum absolute atomic E-state index is 0.147. The van der Waals surface area contributed by atoms with Crippen molar-refractivity contribution in [3.63, 3.8) is 0 Å². The van der Waals surface area contributed by atoms with E-state index in [1.807, 2.05) is 13.8 Å². The van der Waals surface area contributed by atoms with Crippen molar-refractivity contribution in [2.24, 2.45) is 11.8 Å². The molecule has 1 fully saturated rings. The molecule has 4 atom stereocenters. The van der Waals surface area contributed by atoms with Crippen molar-refractivity contribution in [3.8, 4) is 0 Å². The number of hydrogen-bond donors (Lipinski definition) is 4. The molecule has 11 heteroatoms. The van der Waals surface area contributed by atoms with Gasteiger partial charge in [0.2, 0.25) is 11.8 Å². The number of carbonyl (C=O) groups is 5. The third-order valence-electron chi connectivity index (χ3n) is 5.57. The molecule has 4 N–H and O–H groups in total. The van der Waals surface area contributed by atoms with E-state index in [0.717, 1.165) is 12.8 Å². The van der Waals surface area contributed by atoms with Crippen molar-refractivity contribution in [1.82, 2.24) is 15.5 Å². The van der Waals surface area contributed by atoms with E-state index < -0.39 is 59.4 Å². The summed E-state index contributed by atoms with van der Waals surface area (Å²) in [6.45, 7) is 8.56. The van der Waals surface area contributed by atoms with Gasteiger partial charge in [0.05, 0.1) is 11.8 Å². The number of unbranched alkanes of at least 4 members (excludes halogenated alkanes) is 2. The van der Waals surface area contributed by atoms with E-state index in [1.54, 1.807) is 20.8 Å². The van der Waals surface area contributed by atoms with Crippen molar-refractivity contribution in [2.75, 3.05) is 13.1 Å². The van der Waals surface area contributed by atoms with Crippen LogP contribution in [0.25, 0.3) is 0 Å². The number of likely N-dealkylation sites (tertiary alicyclic amines) is 1. The van der Waals surface area contributed by atoms with E-state index >= 15 is 0 Å². The summed E-state index contributed by atoms with van der Waals surface area (Å²) in [5, 5.41) is 23.9. The number of hydrogen-bond acceptors (Lipinski definition) is 6. The first kappa shape index (κ1) is 29.2. The van der Waals surface area contributed by atoms with E-state index in [0.29, 0.717) is 12.8 Å². The Bertz CT molecular complexity index is 701. The fourth-order valence-electron chi connectivity index (χ4n) is 3.70. The highest BCUT2D eigenvalue weighted by Gasteiger charge is 2.46. The summed E-state index contributed by atoms with van der Waals surface area (Å²) in [6, 6.07) is -2.24. The van der Waals surface area contributed by atoms with E-state index in [1.165, 1.54) is 4.90 Å². The Morgan fingerprint density at radius 3 is 1.53 bits per heavy atom. The van der Waals surface area contributed by atoms with Gasteiger partial charge in [-0.3, -0.25) is 9.59 Å². The van der Waals surface area contributed by atoms with Crippen LogP contribution in [-0.4, -0.2) is 75.7 Å². The van der Waals surface area contributed by atoms with E-state index in [-0.39, 0.29) is 25.9 Å². The second-order valence-corrected chi connectivity index (χ2v) is 9.68. The summed E-state index contributed by atoms with van der Waals surface area (Å²) in [5.74, 6) is -5.80. The molecule has 0 aliphatic carbocycles. The normalized spacial score (nSPS) is 19.7. The second-order valence-electron chi connectivity index (χ2n) is 9.68. The zero-order valence-corrected chi connectivity index (χ0v) is 20.8. The number of carboxylic acids is 2. The molecule has 194 valence electrons. The maximum atomic E-state index is 13.0. The van der Waals surface area contributed by atoms with Gasteiger partial charge in [-0.2, -0.15) is 0 Å². The topological polar surface area (TPSA) is 162 Å². The molecule has 1 heterocycles. The molecule has 0 bridgehead atoms. The summed E-state index contributed by atoms with van der Waals surface area (Å²) in [4.78, 5) is 63.0. The molecule has 1 aliphatic heterocycles. The lowest BCUT2D eigenvalue weighted by Crippen LogP contribution is -2.49. The standard InChI is InChI=1S/C23H39N3O8/c1-6-8-10-16(20(29)30)24-18(27)14-12-26(22(33)34-23(3,4)5)13-15(14)19(28)25-17(21(31)32)11-9-7-2/h14-17H,6-13H2,1-5H3,(H,24,27)(H,25,28)(H,29,30)(H,31,32)/t14-,15-,16+,17+/m1/s1. The van der Waals surface area contributed by atoms with Gasteiger partial charge in [-0.05, 0) is 33.6 Å². The Balaban J connectivity index is 3.09. The number of carboxylic acid groups (broad SMARTS) is 2. The first-order valence-corrected chi connectivity index (χ1v) is 11.8. The van der Waals surface area contributed by atoms with Crippen LogP contribution in [0, 0.1) is 11.8 Å². The van der Waals surface area contributed by atoms with Crippen molar-refractivity contribution in [2.45, 2.75) is 90.8 Å². The molecule has 0 unspecified atom stereocenters. The Morgan fingerprint density at radius 1 is 0.853 bits per heavy atom. The van der Waals surface area contributed by atoms with Gasteiger partial charge in [-0.15, -0.1) is 0 Å². The quantitative estimate of drug-likeness (QED) is 0.326. The van der Waals surface area contributed by atoms with Crippen LogP contribution in [0.15, 0.2) is 0 Å². The third-order valence-corrected chi connectivity index (χ3v) is 5.57.